The number of hydrogen-bond donors (Lipinski definition) is 1. The third-order valence-electron chi connectivity index (χ3n) is 7.98. The van der Waals surface area contributed by atoms with Crippen LogP contribution < -0.4 is 21.9 Å². The number of benzene rings is 2. The van der Waals surface area contributed by atoms with Crippen molar-refractivity contribution in [3.05, 3.63) is 86.1 Å². The van der Waals surface area contributed by atoms with E-state index in [2.05, 4.69) is 28.9 Å². The van der Waals surface area contributed by atoms with Gasteiger partial charge in [-0.2, -0.15) is 4.98 Å². The number of rotatable bonds is 5. The summed E-state index contributed by atoms with van der Waals surface area (Å²) in [6.45, 7) is 7.39. The SMILES string of the molecule is CC#CCn1c(N2CCCC(N)C2)nc2c1c(=O)n(CC1=Nc3ccccc3Cc3ccccc31)c(=O)n2C(C)C. The molecular formula is C32H35N7O2. The number of para-hydroxylation sites is 1. The van der Waals surface area contributed by atoms with Crippen LogP contribution in [-0.4, -0.2) is 43.5 Å². The highest BCUT2D eigenvalue weighted by atomic mass is 16.2. The molecule has 1 unspecified atom stereocenters. The summed E-state index contributed by atoms with van der Waals surface area (Å²) < 4.78 is 4.80. The van der Waals surface area contributed by atoms with Gasteiger partial charge in [0.25, 0.3) is 5.56 Å². The van der Waals surface area contributed by atoms with E-state index in [1.165, 1.54) is 4.57 Å². The summed E-state index contributed by atoms with van der Waals surface area (Å²) in [4.78, 5) is 40.5. The second-order valence-corrected chi connectivity index (χ2v) is 11.1. The van der Waals surface area contributed by atoms with Crippen molar-refractivity contribution in [2.45, 2.75) is 65.2 Å². The number of aromatic nitrogens is 4. The van der Waals surface area contributed by atoms with Crippen molar-refractivity contribution >= 4 is 28.5 Å². The van der Waals surface area contributed by atoms with Gasteiger partial charge in [0.1, 0.15) is 0 Å². The maximum atomic E-state index is 14.3. The summed E-state index contributed by atoms with van der Waals surface area (Å²) in [6, 6.07) is 15.9. The first kappa shape index (κ1) is 26.8. The second-order valence-electron chi connectivity index (χ2n) is 11.1. The largest absolute Gasteiger partial charge is 0.341 e. The summed E-state index contributed by atoms with van der Waals surface area (Å²) >= 11 is 0. The Morgan fingerprint density at radius 2 is 1.80 bits per heavy atom. The van der Waals surface area contributed by atoms with Crippen LogP contribution in [0.5, 0.6) is 0 Å². The van der Waals surface area contributed by atoms with E-state index in [0.717, 1.165) is 48.2 Å². The minimum atomic E-state index is -0.400. The average Bonchev–Trinajstić information content (AvgIpc) is 3.25. The molecule has 2 aromatic heterocycles. The Labute approximate surface area is 239 Å². The van der Waals surface area contributed by atoms with Crippen LogP contribution >= 0.6 is 0 Å². The maximum Gasteiger partial charge on any atom is 0.333 e. The van der Waals surface area contributed by atoms with Crippen molar-refractivity contribution < 1.29 is 0 Å². The highest BCUT2D eigenvalue weighted by Gasteiger charge is 2.28. The first-order chi connectivity index (χ1) is 19.9. The zero-order valence-electron chi connectivity index (χ0n) is 23.8. The number of nitrogens with zero attached hydrogens (tertiary/aromatic N) is 6. The monoisotopic (exact) mass is 549 g/mol. The minimum Gasteiger partial charge on any atom is -0.341 e. The predicted octanol–water partition coefficient (Wildman–Crippen LogP) is 3.62. The summed E-state index contributed by atoms with van der Waals surface area (Å²) in [5, 5.41) is 0. The van der Waals surface area contributed by atoms with Crippen LogP contribution in [0.25, 0.3) is 11.2 Å². The molecule has 0 bridgehead atoms. The Hall–Kier alpha value is -4.42. The van der Waals surface area contributed by atoms with E-state index in [9.17, 15) is 9.59 Å². The molecule has 4 heterocycles. The molecule has 0 amide bonds. The smallest absolute Gasteiger partial charge is 0.333 e. The molecule has 4 aromatic rings. The van der Waals surface area contributed by atoms with Crippen molar-refractivity contribution in [1.29, 1.82) is 0 Å². The fourth-order valence-electron chi connectivity index (χ4n) is 6.00. The van der Waals surface area contributed by atoms with Crippen molar-refractivity contribution in [2.75, 3.05) is 18.0 Å². The Balaban J connectivity index is 1.59. The molecule has 9 heteroatoms. The van der Waals surface area contributed by atoms with E-state index in [4.69, 9.17) is 15.7 Å². The third kappa shape index (κ3) is 4.78. The lowest BCUT2D eigenvalue weighted by Crippen LogP contribution is -2.44. The van der Waals surface area contributed by atoms with Gasteiger partial charge in [-0.15, -0.1) is 5.92 Å². The van der Waals surface area contributed by atoms with Gasteiger partial charge in [0.05, 0.1) is 24.5 Å². The number of aliphatic imine (C=N–C) groups is 1. The van der Waals surface area contributed by atoms with Crippen LogP contribution in [-0.2, 0) is 19.5 Å². The molecule has 2 aliphatic rings. The third-order valence-corrected chi connectivity index (χ3v) is 7.98. The van der Waals surface area contributed by atoms with Gasteiger partial charge in [0.15, 0.2) is 11.2 Å². The Kier molecular flexibility index (Phi) is 7.10. The lowest BCUT2D eigenvalue weighted by atomic mass is 9.98. The van der Waals surface area contributed by atoms with E-state index >= 15 is 0 Å². The van der Waals surface area contributed by atoms with Crippen LogP contribution in [0.4, 0.5) is 11.6 Å². The Morgan fingerprint density at radius 1 is 1.05 bits per heavy atom. The van der Waals surface area contributed by atoms with E-state index < -0.39 is 11.2 Å². The highest BCUT2D eigenvalue weighted by molar-refractivity contribution is 6.04. The molecule has 0 aliphatic carbocycles. The fourth-order valence-corrected chi connectivity index (χ4v) is 6.00. The van der Waals surface area contributed by atoms with Gasteiger partial charge in [0, 0.05) is 37.2 Å². The quantitative estimate of drug-likeness (QED) is 0.383. The number of fused-ring (bicyclic) bond motifs is 3. The zero-order valence-corrected chi connectivity index (χ0v) is 23.8. The van der Waals surface area contributed by atoms with E-state index in [1.54, 1.807) is 11.5 Å². The second kappa shape index (κ2) is 10.9. The summed E-state index contributed by atoms with van der Waals surface area (Å²) in [5.41, 5.74) is 11.0. The summed E-state index contributed by atoms with van der Waals surface area (Å²) in [6.07, 6.45) is 2.61. The molecule has 9 nitrogen and oxygen atoms in total. The van der Waals surface area contributed by atoms with E-state index in [0.29, 0.717) is 29.4 Å². The van der Waals surface area contributed by atoms with Gasteiger partial charge in [-0.1, -0.05) is 48.4 Å². The van der Waals surface area contributed by atoms with Crippen molar-refractivity contribution in [2.24, 2.45) is 10.7 Å². The van der Waals surface area contributed by atoms with Gasteiger partial charge >= 0.3 is 5.69 Å². The molecule has 1 atom stereocenters. The van der Waals surface area contributed by atoms with Crippen LogP contribution in [0.3, 0.4) is 0 Å². The lowest BCUT2D eigenvalue weighted by molar-refractivity contribution is 0.496. The molecule has 210 valence electrons. The number of nitrogens with two attached hydrogens (primary N) is 1. The Bertz CT molecular complexity index is 1850. The van der Waals surface area contributed by atoms with Crippen LogP contribution in [0.1, 0.15) is 56.3 Å². The molecule has 41 heavy (non-hydrogen) atoms. The molecule has 0 spiro atoms. The molecule has 2 aromatic carbocycles. The van der Waals surface area contributed by atoms with Gasteiger partial charge in [-0.25, -0.2) is 4.79 Å². The first-order valence-electron chi connectivity index (χ1n) is 14.3. The predicted molar refractivity (Wildman–Crippen MR) is 163 cm³/mol. The normalized spacial score (nSPS) is 16.6. The Morgan fingerprint density at radius 3 is 2.56 bits per heavy atom. The van der Waals surface area contributed by atoms with Gasteiger partial charge in [-0.3, -0.25) is 23.5 Å². The highest BCUT2D eigenvalue weighted by Crippen LogP contribution is 2.29. The van der Waals surface area contributed by atoms with Crippen molar-refractivity contribution in [1.82, 2.24) is 18.7 Å². The maximum absolute atomic E-state index is 14.3. The molecular weight excluding hydrogens is 514 g/mol. The molecule has 2 N–H and O–H groups in total. The number of imidazole rings is 1. The van der Waals surface area contributed by atoms with Crippen molar-refractivity contribution in [3.8, 4) is 11.8 Å². The molecule has 6 rings (SSSR count). The topological polar surface area (TPSA) is 103 Å². The molecule has 1 fully saturated rings. The molecule has 0 saturated carbocycles. The van der Waals surface area contributed by atoms with Gasteiger partial charge in [0.2, 0.25) is 5.95 Å². The molecule has 2 aliphatic heterocycles. The first-order valence-corrected chi connectivity index (χ1v) is 14.3. The lowest BCUT2D eigenvalue weighted by Gasteiger charge is -2.31. The summed E-state index contributed by atoms with van der Waals surface area (Å²) in [7, 11) is 0. The van der Waals surface area contributed by atoms with Gasteiger partial charge in [-0.05, 0) is 50.8 Å². The summed E-state index contributed by atoms with van der Waals surface area (Å²) in [5.74, 6) is 6.69. The average molecular weight is 550 g/mol. The standard InChI is InChI=1S/C32H35N7O2/c1-4-5-17-37-28-29(35-31(37)36-16-10-13-24(33)19-36)39(21(2)3)32(41)38(30(28)40)20-27-25-14-8-6-11-22(25)18-23-12-7-9-15-26(23)34-27/h6-9,11-12,14-15,21,24H,10,13,16-20,33H2,1-3H3. The number of anilines is 1. The molecule has 0 radical (unpaired) electrons. The van der Waals surface area contributed by atoms with Crippen LogP contribution in [0, 0.1) is 11.8 Å². The fraction of sp³-hybridized carbons (Fsp3) is 0.375. The van der Waals surface area contributed by atoms with Crippen molar-refractivity contribution in [3.63, 3.8) is 0 Å². The number of hydrogen-bond acceptors (Lipinski definition) is 6. The van der Waals surface area contributed by atoms with Crippen LogP contribution in [0.15, 0.2) is 63.1 Å². The zero-order chi connectivity index (χ0) is 28.7. The number of piperidine rings is 1. The van der Waals surface area contributed by atoms with E-state index in [1.807, 2.05) is 54.8 Å². The van der Waals surface area contributed by atoms with Crippen LogP contribution in [0.2, 0.25) is 0 Å². The minimum absolute atomic E-state index is 0.0226. The van der Waals surface area contributed by atoms with E-state index in [-0.39, 0.29) is 25.2 Å². The molecule has 1 saturated heterocycles. The van der Waals surface area contributed by atoms with Gasteiger partial charge < -0.3 is 10.6 Å².